The molecule has 1 aromatic carbocycles. The topological polar surface area (TPSA) is 12.0 Å². The number of nitrogens with one attached hydrogen (secondary N) is 1. The van der Waals surface area contributed by atoms with Crippen molar-refractivity contribution in [3.63, 3.8) is 0 Å². The van der Waals surface area contributed by atoms with Gasteiger partial charge in [0.25, 0.3) is 0 Å². The SMILES string of the molecule is CCc1ccc(C(NC)C(F)(F)C(F)F)cc1CC. The molecule has 0 aliphatic heterocycles. The van der Waals surface area contributed by atoms with Crippen LogP contribution in [0.3, 0.4) is 0 Å². The third-order valence-corrected chi connectivity index (χ3v) is 3.29. The van der Waals surface area contributed by atoms with Crippen molar-refractivity contribution in [2.24, 2.45) is 0 Å². The summed E-state index contributed by atoms with van der Waals surface area (Å²) in [6.45, 7) is 3.88. The number of alkyl halides is 4. The molecule has 1 atom stereocenters. The van der Waals surface area contributed by atoms with E-state index in [0.29, 0.717) is 6.42 Å². The van der Waals surface area contributed by atoms with Gasteiger partial charge in [0.2, 0.25) is 0 Å². The Bertz CT molecular complexity index is 418. The molecule has 0 saturated carbocycles. The van der Waals surface area contributed by atoms with E-state index in [2.05, 4.69) is 5.32 Å². The van der Waals surface area contributed by atoms with E-state index in [1.807, 2.05) is 13.8 Å². The van der Waals surface area contributed by atoms with Gasteiger partial charge in [-0.3, -0.25) is 0 Å². The van der Waals surface area contributed by atoms with Crippen molar-refractivity contribution in [3.05, 3.63) is 34.9 Å². The average molecular weight is 277 g/mol. The van der Waals surface area contributed by atoms with Crippen LogP contribution < -0.4 is 5.32 Å². The Kier molecular flexibility index (Phi) is 5.35. The van der Waals surface area contributed by atoms with Crippen molar-refractivity contribution in [2.75, 3.05) is 7.05 Å². The molecule has 5 heteroatoms. The lowest BCUT2D eigenvalue weighted by Gasteiger charge is -2.27. The Morgan fingerprint density at radius 2 is 1.68 bits per heavy atom. The fourth-order valence-corrected chi connectivity index (χ4v) is 2.21. The molecule has 108 valence electrons. The lowest BCUT2D eigenvalue weighted by molar-refractivity contribution is -0.150. The van der Waals surface area contributed by atoms with E-state index >= 15 is 0 Å². The van der Waals surface area contributed by atoms with Crippen LogP contribution in [0.2, 0.25) is 0 Å². The molecule has 0 radical (unpaired) electrons. The van der Waals surface area contributed by atoms with Crippen LogP contribution in [-0.2, 0) is 12.8 Å². The molecular weight excluding hydrogens is 258 g/mol. The van der Waals surface area contributed by atoms with E-state index in [9.17, 15) is 17.6 Å². The Balaban J connectivity index is 3.19. The quantitative estimate of drug-likeness (QED) is 0.776. The third kappa shape index (κ3) is 3.26. The van der Waals surface area contributed by atoms with Gasteiger partial charge in [-0.2, -0.15) is 8.78 Å². The average Bonchev–Trinajstić information content (AvgIpc) is 2.38. The Labute approximate surface area is 111 Å². The van der Waals surface area contributed by atoms with Gasteiger partial charge in [0.15, 0.2) is 0 Å². The van der Waals surface area contributed by atoms with Crippen LogP contribution in [0.5, 0.6) is 0 Å². The lowest BCUT2D eigenvalue weighted by atomic mass is 9.94. The highest BCUT2D eigenvalue weighted by atomic mass is 19.3. The molecule has 0 saturated heterocycles. The third-order valence-electron chi connectivity index (χ3n) is 3.29. The number of benzene rings is 1. The maximum atomic E-state index is 13.5. The highest BCUT2D eigenvalue weighted by Gasteiger charge is 2.48. The second kappa shape index (κ2) is 6.37. The van der Waals surface area contributed by atoms with E-state index in [-0.39, 0.29) is 5.56 Å². The maximum Gasteiger partial charge on any atom is 0.326 e. The predicted octanol–water partition coefficient (Wildman–Crippen LogP) is 3.97. The zero-order chi connectivity index (χ0) is 14.6. The standard InChI is InChI=1S/C14H19F4N/c1-4-9-6-7-11(8-10(9)5-2)12(19-3)14(17,18)13(15)16/h6-8,12-13,19H,4-5H2,1-3H3. The minimum atomic E-state index is -4.09. The monoisotopic (exact) mass is 277 g/mol. The Hall–Kier alpha value is -1.10. The fraction of sp³-hybridized carbons (Fsp3) is 0.571. The summed E-state index contributed by atoms with van der Waals surface area (Å²) in [6, 6.07) is 3.15. The van der Waals surface area contributed by atoms with Gasteiger partial charge < -0.3 is 5.32 Å². The summed E-state index contributed by atoms with van der Waals surface area (Å²) in [5.74, 6) is -4.09. The zero-order valence-electron chi connectivity index (χ0n) is 11.3. The molecule has 1 aromatic rings. The first-order valence-electron chi connectivity index (χ1n) is 6.33. The van der Waals surface area contributed by atoms with Gasteiger partial charge >= 0.3 is 12.3 Å². The Morgan fingerprint density at radius 1 is 1.11 bits per heavy atom. The minimum Gasteiger partial charge on any atom is -0.308 e. The molecule has 1 unspecified atom stereocenters. The van der Waals surface area contributed by atoms with Gasteiger partial charge in [-0.05, 0) is 36.6 Å². The highest BCUT2D eigenvalue weighted by molar-refractivity contribution is 5.34. The van der Waals surface area contributed by atoms with Gasteiger partial charge in [0.05, 0.1) is 0 Å². The minimum absolute atomic E-state index is 0.196. The second-order valence-electron chi connectivity index (χ2n) is 4.43. The van der Waals surface area contributed by atoms with Crippen LogP contribution in [0, 0.1) is 0 Å². The fourth-order valence-electron chi connectivity index (χ4n) is 2.21. The van der Waals surface area contributed by atoms with Crippen molar-refractivity contribution in [1.29, 1.82) is 0 Å². The lowest BCUT2D eigenvalue weighted by Crippen LogP contribution is -2.41. The molecule has 0 aromatic heterocycles. The first kappa shape index (κ1) is 16.0. The summed E-state index contributed by atoms with van der Waals surface area (Å²) >= 11 is 0. The maximum absolute atomic E-state index is 13.5. The van der Waals surface area contributed by atoms with Crippen LogP contribution in [0.25, 0.3) is 0 Å². The number of halogens is 4. The highest BCUT2D eigenvalue weighted by Crippen LogP contribution is 2.37. The number of rotatable bonds is 6. The molecule has 1 rings (SSSR count). The van der Waals surface area contributed by atoms with E-state index in [1.165, 1.54) is 13.1 Å². The van der Waals surface area contributed by atoms with E-state index < -0.39 is 18.4 Å². The molecule has 0 heterocycles. The zero-order valence-corrected chi connectivity index (χ0v) is 11.3. The molecule has 0 amide bonds. The molecular formula is C14H19F4N. The van der Waals surface area contributed by atoms with Gasteiger partial charge in [0.1, 0.15) is 6.04 Å². The number of hydrogen-bond acceptors (Lipinski definition) is 1. The summed E-state index contributed by atoms with van der Waals surface area (Å²) < 4.78 is 52.0. The Morgan fingerprint density at radius 3 is 2.11 bits per heavy atom. The second-order valence-corrected chi connectivity index (χ2v) is 4.43. The van der Waals surface area contributed by atoms with Crippen molar-refractivity contribution in [1.82, 2.24) is 5.32 Å². The van der Waals surface area contributed by atoms with E-state index in [1.54, 1.807) is 12.1 Å². The smallest absolute Gasteiger partial charge is 0.308 e. The molecule has 19 heavy (non-hydrogen) atoms. The first-order chi connectivity index (χ1) is 8.88. The van der Waals surface area contributed by atoms with Crippen molar-refractivity contribution in [2.45, 2.75) is 45.1 Å². The van der Waals surface area contributed by atoms with Crippen molar-refractivity contribution in [3.8, 4) is 0 Å². The predicted molar refractivity (Wildman–Crippen MR) is 67.9 cm³/mol. The molecule has 1 N–H and O–H groups in total. The van der Waals surface area contributed by atoms with Gasteiger partial charge in [-0.1, -0.05) is 32.0 Å². The normalized spacial score (nSPS) is 13.9. The van der Waals surface area contributed by atoms with Gasteiger partial charge in [0, 0.05) is 0 Å². The van der Waals surface area contributed by atoms with Gasteiger partial charge in [-0.15, -0.1) is 0 Å². The summed E-state index contributed by atoms with van der Waals surface area (Å²) in [6.07, 6.45) is -2.21. The van der Waals surface area contributed by atoms with Crippen LogP contribution >= 0.6 is 0 Å². The van der Waals surface area contributed by atoms with E-state index in [0.717, 1.165) is 17.5 Å². The summed E-state index contributed by atoms with van der Waals surface area (Å²) in [5.41, 5.74) is 2.17. The summed E-state index contributed by atoms with van der Waals surface area (Å²) in [4.78, 5) is 0. The molecule has 0 fully saturated rings. The first-order valence-corrected chi connectivity index (χ1v) is 6.33. The van der Waals surface area contributed by atoms with Crippen molar-refractivity contribution >= 4 is 0 Å². The van der Waals surface area contributed by atoms with Crippen LogP contribution in [0.1, 0.15) is 36.6 Å². The molecule has 0 aliphatic rings. The van der Waals surface area contributed by atoms with Crippen LogP contribution in [0.4, 0.5) is 17.6 Å². The summed E-state index contributed by atoms with van der Waals surface area (Å²) in [7, 11) is 1.26. The molecule has 0 bridgehead atoms. The molecule has 1 nitrogen and oxygen atoms in total. The number of hydrogen-bond donors (Lipinski definition) is 1. The van der Waals surface area contributed by atoms with Crippen LogP contribution in [-0.4, -0.2) is 19.4 Å². The van der Waals surface area contributed by atoms with E-state index in [4.69, 9.17) is 0 Å². The molecule has 0 aliphatic carbocycles. The largest absolute Gasteiger partial charge is 0.326 e. The summed E-state index contributed by atoms with van der Waals surface area (Å²) in [5, 5.41) is 2.30. The van der Waals surface area contributed by atoms with Gasteiger partial charge in [-0.25, -0.2) is 8.78 Å². The number of aryl methyl sites for hydroxylation is 2. The van der Waals surface area contributed by atoms with Crippen LogP contribution in [0.15, 0.2) is 18.2 Å². The molecule has 0 spiro atoms. The van der Waals surface area contributed by atoms with Crippen molar-refractivity contribution < 1.29 is 17.6 Å².